The van der Waals surface area contributed by atoms with Crippen LogP contribution in [-0.2, 0) is 28.0 Å². The highest BCUT2D eigenvalue weighted by Crippen LogP contribution is 2.42. The maximum Gasteiger partial charge on any atom is 0.306 e. The Morgan fingerprint density at radius 3 is 2.61 bits per heavy atom. The van der Waals surface area contributed by atoms with Crippen molar-refractivity contribution in [3.63, 3.8) is 0 Å². The number of nitrogens with zero attached hydrogens (tertiary/aromatic N) is 4. The van der Waals surface area contributed by atoms with Gasteiger partial charge in [0, 0.05) is 28.7 Å². The number of fused-ring (bicyclic) bond motifs is 3. The van der Waals surface area contributed by atoms with E-state index in [0.29, 0.717) is 30.7 Å². The number of hydrogen-bond acceptors (Lipinski definition) is 7. The van der Waals surface area contributed by atoms with Gasteiger partial charge in [-0.3, -0.25) is 4.79 Å². The first-order valence-corrected chi connectivity index (χ1v) is 12.7. The maximum absolute atomic E-state index is 11.3. The number of aromatic nitrogens is 5. The number of ether oxygens (including phenoxy) is 3. The van der Waals surface area contributed by atoms with Gasteiger partial charge in [-0.25, -0.2) is 4.98 Å². The quantitative estimate of drug-likeness (QED) is 0.359. The zero-order chi connectivity index (χ0) is 27.4. The molecule has 0 saturated carbocycles. The predicted molar refractivity (Wildman–Crippen MR) is 143 cm³/mol. The Kier molecular flexibility index (Phi) is 8.01. The highest BCUT2D eigenvalue weighted by Gasteiger charge is 2.40. The molecule has 4 heterocycles. The van der Waals surface area contributed by atoms with Crippen LogP contribution >= 0.6 is 0 Å². The van der Waals surface area contributed by atoms with E-state index in [0.717, 1.165) is 35.4 Å². The molecule has 0 aliphatic carbocycles. The standard InChI is InChI=1S/C17H21NO3.C11H14N4O2/c1-3-11-6-5-7-12-13-8-9-21-17(4-2,10-14(19)20)16(13)18-15(11)12;1-7-5-9(16-3)13-11(12-7)15-10(17-4)6-8(2)14-15/h5-7,18H,3-4,8-10H2,1-2H3,(H,19,20);5-6H,1-4H3. The molecule has 10 heteroatoms. The van der Waals surface area contributed by atoms with Crippen LogP contribution in [-0.4, -0.2) is 56.6 Å². The number of nitrogens with one attached hydrogen (secondary N) is 1. The summed E-state index contributed by atoms with van der Waals surface area (Å²) in [7, 11) is 3.15. The van der Waals surface area contributed by atoms with Crippen molar-refractivity contribution in [2.24, 2.45) is 0 Å². The van der Waals surface area contributed by atoms with Gasteiger partial charge in [-0.1, -0.05) is 32.0 Å². The molecule has 0 bridgehead atoms. The number of methoxy groups -OCH3 is 2. The van der Waals surface area contributed by atoms with Gasteiger partial charge >= 0.3 is 5.97 Å². The van der Waals surface area contributed by atoms with E-state index in [1.165, 1.54) is 16.5 Å². The smallest absolute Gasteiger partial charge is 0.306 e. The molecule has 1 aliphatic heterocycles. The molecule has 0 spiro atoms. The molecule has 38 heavy (non-hydrogen) atoms. The van der Waals surface area contributed by atoms with Crippen molar-refractivity contribution in [2.75, 3.05) is 20.8 Å². The van der Waals surface area contributed by atoms with Gasteiger partial charge in [0.2, 0.25) is 11.8 Å². The predicted octanol–water partition coefficient (Wildman–Crippen LogP) is 4.68. The van der Waals surface area contributed by atoms with Crippen molar-refractivity contribution in [3.8, 4) is 17.7 Å². The molecule has 1 aromatic carbocycles. The van der Waals surface area contributed by atoms with Gasteiger partial charge in [0.15, 0.2) is 0 Å². The zero-order valence-electron chi connectivity index (χ0n) is 22.8. The summed E-state index contributed by atoms with van der Waals surface area (Å²) in [5.74, 6) is 0.712. The fourth-order valence-electron chi connectivity index (χ4n) is 4.97. The number of aryl methyl sites for hydroxylation is 3. The van der Waals surface area contributed by atoms with Crippen LogP contribution in [0.1, 0.15) is 54.9 Å². The second kappa shape index (κ2) is 11.2. The highest BCUT2D eigenvalue weighted by molar-refractivity contribution is 5.88. The first kappa shape index (κ1) is 27.1. The van der Waals surface area contributed by atoms with Gasteiger partial charge in [0.25, 0.3) is 5.95 Å². The Hall–Kier alpha value is -3.92. The average molecular weight is 522 g/mol. The third-order valence-electron chi connectivity index (χ3n) is 6.83. The number of aromatic amines is 1. The fourth-order valence-corrected chi connectivity index (χ4v) is 4.97. The molecular formula is C28H35N5O5. The molecule has 202 valence electrons. The number of para-hydroxylation sites is 1. The van der Waals surface area contributed by atoms with Crippen molar-refractivity contribution in [3.05, 3.63) is 58.5 Å². The van der Waals surface area contributed by atoms with Crippen LogP contribution in [0.2, 0.25) is 0 Å². The number of carbonyl (C=O) groups is 1. The largest absolute Gasteiger partial charge is 0.481 e. The molecule has 5 rings (SSSR count). The lowest BCUT2D eigenvalue weighted by Crippen LogP contribution is -2.37. The minimum absolute atomic E-state index is 0.00474. The van der Waals surface area contributed by atoms with Gasteiger partial charge in [-0.2, -0.15) is 14.8 Å². The molecule has 1 atom stereocenters. The van der Waals surface area contributed by atoms with Crippen LogP contribution in [0.4, 0.5) is 0 Å². The van der Waals surface area contributed by atoms with Crippen LogP contribution in [0.5, 0.6) is 11.8 Å². The van der Waals surface area contributed by atoms with E-state index in [4.69, 9.17) is 14.2 Å². The SMILES string of the molecule is CCc1cccc2c3c([nH]c12)C(CC)(CC(=O)O)OCC3.COc1cc(C)nc(-n2nc(C)cc2OC)n1. The lowest BCUT2D eigenvalue weighted by Gasteiger charge is -2.35. The Morgan fingerprint density at radius 1 is 1.16 bits per heavy atom. The van der Waals surface area contributed by atoms with E-state index in [2.05, 4.69) is 45.2 Å². The topological polar surface area (TPSA) is 124 Å². The first-order chi connectivity index (χ1) is 18.2. The summed E-state index contributed by atoms with van der Waals surface area (Å²) in [5, 5.41) is 14.8. The second-order valence-electron chi connectivity index (χ2n) is 9.28. The summed E-state index contributed by atoms with van der Waals surface area (Å²) in [6, 6.07) is 9.90. The maximum atomic E-state index is 11.3. The number of H-pyrrole nitrogens is 1. The number of carboxylic acids is 1. The van der Waals surface area contributed by atoms with Gasteiger partial charge < -0.3 is 24.3 Å². The molecular weight excluding hydrogens is 486 g/mol. The fraction of sp³-hybridized carbons (Fsp3) is 0.429. The number of rotatable bonds is 7. The van der Waals surface area contributed by atoms with Gasteiger partial charge in [0.1, 0.15) is 5.60 Å². The number of benzene rings is 1. The summed E-state index contributed by atoms with van der Waals surface area (Å²) >= 11 is 0. The molecule has 1 aliphatic rings. The van der Waals surface area contributed by atoms with Crippen molar-refractivity contribution in [1.82, 2.24) is 24.7 Å². The lowest BCUT2D eigenvalue weighted by molar-refractivity contribution is -0.148. The zero-order valence-corrected chi connectivity index (χ0v) is 22.8. The van der Waals surface area contributed by atoms with E-state index >= 15 is 0 Å². The third kappa shape index (κ3) is 5.22. The van der Waals surface area contributed by atoms with Crippen LogP contribution < -0.4 is 9.47 Å². The Bertz CT molecular complexity index is 1440. The van der Waals surface area contributed by atoms with E-state index in [1.807, 2.05) is 26.8 Å². The van der Waals surface area contributed by atoms with Gasteiger partial charge in [-0.05, 0) is 44.2 Å². The average Bonchev–Trinajstić information content (AvgIpc) is 3.49. The number of carboxylic acid groups (broad SMARTS) is 1. The summed E-state index contributed by atoms with van der Waals surface area (Å²) in [4.78, 5) is 23.3. The van der Waals surface area contributed by atoms with Crippen LogP contribution in [0.3, 0.4) is 0 Å². The number of hydrogen-bond donors (Lipinski definition) is 2. The highest BCUT2D eigenvalue weighted by atomic mass is 16.5. The Labute approximate surface area is 222 Å². The van der Waals surface area contributed by atoms with E-state index < -0.39 is 11.6 Å². The summed E-state index contributed by atoms with van der Waals surface area (Å²) in [6.45, 7) is 8.46. The van der Waals surface area contributed by atoms with E-state index in [9.17, 15) is 9.90 Å². The van der Waals surface area contributed by atoms with Gasteiger partial charge in [-0.15, -0.1) is 0 Å². The van der Waals surface area contributed by atoms with E-state index in [1.54, 1.807) is 25.0 Å². The molecule has 3 aromatic heterocycles. The molecule has 0 saturated heterocycles. The summed E-state index contributed by atoms with van der Waals surface area (Å²) in [5.41, 5.74) is 5.53. The van der Waals surface area contributed by atoms with Crippen molar-refractivity contribution in [2.45, 2.75) is 59.0 Å². The first-order valence-electron chi connectivity index (χ1n) is 12.7. The van der Waals surface area contributed by atoms with Crippen molar-refractivity contribution < 1.29 is 24.1 Å². The van der Waals surface area contributed by atoms with E-state index in [-0.39, 0.29) is 6.42 Å². The van der Waals surface area contributed by atoms with Crippen LogP contribution in [0.15, 0.2) is 30.3 Å². The van der Waals surface area contributed by atoms with Gasteiger partial charge in [0.05, 0.1) is 38.6 Å². The lowest BCUT2D eigenvalue weighted by atomic mass is 9.86. The molecule has 4 aromatic rings. The minimum Gasteiger partial charge on any atom is -0.481 e. The van der Waals surface area contributed by atoms with Crippen LogP contribution in [0, 0.1) is 13.8 Å². The van der Waals surface area contributed by atoms with Crippen molar-refractivity contribution in [1.29, 1.82) is 0 Å². The number of aliphatic carboxylic acids is 1. The normalized spacial score (nSPS) is 16.5. The van der Waals surface area contributed by atoms with Crippen LogP contribution in [0.25, 0.3) is 16.9 Å². The minimum atomic E-state index is -0.820. The summed E-state index contributed by atoms with van der Waals surface area (Å²) in [6.07, 6.45) is 2.45. The molecule has 10 nitrogen and oxygen atoms in total. The second-order valence-corrected chi connectivity index (χ2v) is 9.28. The molecule has 0 radical (unpaired) electrons. The Balaban J connectivity index is 0.000000181. The summed E-state index contributed by atoms with van der Waals surface area (Å²) < 4.78 is 17.8. The molecule has 2 N–H and O–H groups in total. The Morgan fingerprint density at radius 2 is 1.95 bits per heavy atom. The monoisotopic (exact) mass is 521 g/mol. The molecule has 0 fully saturated rings. The third-order valence-corrected chi connectivity index (χ3v) is 6.83. The molecule has 1 unspecified atom stereocenters. The van der Waals surface area contributed by atoms with Crippen molar-refractivity contribution >= 4 is 16.9 Å². The molecule has 0 amide bonds.